The minimum absolute atomic E-state index is 0.0901. The van der Waals surface area contributed by atoms with E-state index in [0.717, 1.165) is 6.42 Å². The third kappa shape index (κ3) is 3.19. The number of hydrogen-bond donors (Lipinski definition) is 2. The minimum Gasteiger partial charge on any atom is -0.369 e. The predicted octanol–water partition coefficient (Wildman–Crippen LogP) is 0.0853. The topological polar surface area (TPSA) is 89.4 Å². The zero-order chi connectivity index (χ0) is 13.1. The van der Waals surface area contributed by atoms with Crippen molar-refractivity contribution in [2.75, 3.05) is 19.6 Å². The van der Waals surface area contributed by atoms with Crippen LogP contribution in [0.25, 0.3) is 0 Å². The molecule has 2 amide bonds. The summed E-state index contributed by atoms with van der Waals surface area (Å²) in [7, 11) is 0. The van der Waals surface area contributed by atoms with Gasteiger partial charge in [0, 0.05) is 19.5 Å². The lowest BCUT2D eigenvalue weighted by Gasteiger charge is -2.22. The van der Waals surface area contributed by atoms with E-state index in [9.17, 15) is 9.59 Å². The van der Waals surface area contributed by atoms with Gasteiger partial charge in [-0.1, -0.05) is 13.3 Å². The molecule has 1 saturated heterocycles. The highest BCUT2D eigenvalue weighted by molar-refractivity contribution is 5.83. The van der Waals surface area contributed by atoms with Crippen LogP contribution in [0.4, 0.5) is 0 Å². The highest BCUT2D eigenvalue weighted by atomic mass is 16.2. The Labute approximate surface area is 103 Å². The van der Waals surface area contributed by atoms with Gasteiger partial charge in [0.1, 0.15) is 0 Å². The standard InChI is InChI=1S/C12H23N3O2/c1-3-9(7-13)6-10(16)15-5-4-12(2,8-15)11(14)17/h9H,3-8,13H2,1-2H3,(H2,14,17). The van der Waals surface area contributed by atoms with Gasteiger partial charge in [0.05, 0.1) is 5.41 Å². The highest BCUT2D eigenvalue weighted by Crippen LogP contribution is 2.30. The first kappa shape index (κ1) is 14.0. The van der Waals surface area contributed by atoms with E-state index in [1.165, 1.54) is 0 Å². The fraction of sp³-hybridized carbons (Fsp3) is 0.833. The Hall–Kier alpha value is -1.10. The Morgan fingerprint density at radius 1 is 1.47 bits per heavy atom. The van der Waals surface area contributed by atoms with E-state index >= 15 is 0 Å². The van der Waals surface area contributed by atoms with Crippen LogP contribution in [0.2, 0.25) is 0 Å². The van der Waals surface area contributed by atoms with E-state index in [1.807, 2.05) is 13.8 Å². The van der Waals surface area contributed by atoms with Crippen molar-refractivity contribution >= 4 is 11.8 Å². The van der Waals surface area contributed by atoms with E-state index in [-0.39, 0.29) is 17.7 Å². The van der Waals surface area contributed by atoms with Crippen molar-refractivity contribution in [3.8, 4) is 0 Å². The van der Waals surface area contributed by atoms with Gasteiger partial charge in [-0.2, -0.15) is 0 Å². The molecular weight excluding hydrogens is 218 g/mol. The van der Waals surface area contributed by atoms with Crippen LogP contribution in [0.1, 0.15) is 33.1 Å². The maximum atomic E-state index is 12.0. The summed E-state index contributed by atoms with van der Waals surface area (Å²) in [5.41, 5.74) is 10.4. The molecule has 2 unspecified atom stereocenters. The molecule has 17 heavy (non-hydrogen) atoms. The quantitative estimate of drug-likeness (QED) is 0.714. The molecule has 1 heterocycles. The number of carbonyl (C=O) groups excluding carboxylic acids is 2. The summed E-state index contributed by atoms with van der Waals surface area (Å²) < 4.78 is 0. The van der Waals surface area contributed by atoms with Crippen molar-refractivity contribution in [1.82, 2.24) is 4.90 Å². The second-order valence-corrected chi connectivity index (χ2v) is 5.20. The van der Waals surface area contributed by atoms with Gasteiger partial charge in [-0.25, -0.2) is 0 Å². The molecule has 0 aliphatic carbocycles. The summed E-state index contributed by atoms with van der Waals surface area (Å²) >= 11 is 0. The molecule has 0 aromatic heterocycles. The van der Waals surface area contributed by atoms with Crippen molar-refractivity contribution in [3.63, 3.8) is 0 Å². The first-order chi connectivity index (χ1) is 7.92. The number of likely N-dealkylation sites (tertiary alicyclic amines) is 1. The van der Waals surface area contributed by atoms with E-state index in [1.54, 1.807) is 4.90 Å². The van der Waals surface area contributed by atoms with E-state index in [0.29, 0.717) is 32.5 Å². The Bertz CT molecular complexity index is 302. The monoisotopic (exact) mass is 241 g/mol. The molecule has 5 heteroatoms. The van der Waals surface area contributed by atoms with Gasteiger partial charge in [-0.15, -0.1) is 0 Å². The molecule has 0 saturated carbocycles. The number of nitrogens with zero attached hydrogens (tertiary/aromatic N) is 1. The summed E-state index contributed by atoms with van der Waals surface area (Å²) in [6.45, 7) is 5.45. The SMILES string of the molecule is CCC(CN)CC(=O)N1CCC(C)(C(N)=O)C1. The highest BCUT2D eigenvalue weighted by Gasteiger charge is 2.40. The summed E-state index contributed by atoms with van der Waals surface area (Å²) in [5, 5.41) is 0. The molecule has 2 atom stereocenters. The summed E-state index contributed by atoms with van der Waals surface area (Å²) in [6, 6.07) is 0. The lowest BCUT2D eigenvalue weighted by Crippen LogP contribution is -2.39. The molecule has 4 N–H and O–H groups in total. The molecule has 98 valence electrons. The van der Waals surface area contributed by atoms with Crippen LogP contribution in [0, 0.1) is 11.3 Å². The molecule has 1 fully saturated rings. The van der Waals surface area contributed by atoms with Gasteiger partial charge in [0.2, 0.25) is 11.8 Å². The van der Waals surface area contributed by atoms with Crippen molar-refractivity contribution in [1.29, 1.82) is 0 Å². The number of primary amides is 1. The van der Waals surface area contributed by atoms with Crippen LogP contribution in [0.3, 0.4) is 0 Å². The van der Waals surface area contributed by atoms with E-state index in [4.69, 9.17) is 11.5 Å². The van der Waals surface area contributed by atoms with Crippen LogP contribution >= 0.6 is 0 Å². The first-order valence-electron chi connectivity index (χ1n) is 6.20. The fourth-order valence-corrected chi connectivity index (χ4v) is 2.15. The molecule has 1 aliphatic heterocycles. The van der Waals surface area contributed by atoms with Crippen molar-refractivity contribution in [2.45, 2.75) is 33.1 Å². The molecule has 1 rings (SSSR count). The first-order valence-corrected chi connectivity index (χ1v) is 6.20. The predicted molar refractivity (Wildman–Crippen MR) is 66.0 cm³/mol. The van der Waals surface area contributed by atoms with Gasteiger partial charge < -0.3 is 16.4 Å². The molecular formula is C12H23N3O2. The van der Waals surface area contributed by atoms with Crippen LogP contribution in [-0.2, 0) is 9.59 Å². The van der Waals surface area contributed by atoms with Crippen LogP contribution in [0.15, 0.2) is 0 Å². The van der Waals surface area contributed by atoms with Crippen LogP contribution in [0.5, 0.6) is 0 Å². The fourth-order valence-electron chi connectivity index (χ4n) is 2.15. The summed E-state index contributed by atoms with van der Waals surface area (Å²) in [5.74, 6) is 0.00822. The molecule has 0 spiro atoms. The Morgan fingerprint density at radius 3 is 2.53 bits per heavy atom. The van der Waals surface area contributed by atoms with Gasteiger partial charge >= 0.3 is 0 Å². The number of carbonyl (C=O) groups is 2. The smallest absolute Gasteiger partial charge is 0.225 e. The van der Waals surface area contributed by atoms with Crippen molar-refractivity contribution < 1.29 is 9.59 Å². The third-order valence-corrected chi connectivity index (χ3v) is 3.79. The Morgan fingerprint density at radius 2 is 2.12 bits per heavy atom. The second-order valence-electron chi connectivity index (χ2n) is 5.20. The van der Waals surface area contributed by atoms with Crippen molar-refractivity contribution in [3.05, 3.63) is 0 Å². The molecule has 1 aliphatic rings. The number of amides is 2. The maximum Gasteiger partial charge on any atom is 0.225 e. The summed E-state index contributed by atoms with van der Waals surface area (Å²) in [6.07, 6.45) is 2.04. The number of rotatable bonds is 5. The normalized spacial score (nSPS) is 25.9. The third-order valence-electron chi connectivity index (χ3n) is 3.79. The molecule has 0 bridgehead atoms. The van der Waals surface area contributed by atoms with E-state index < -0.39 is 5.41 Å². The average molecular weight is 241 g/mol. The minimum atomic E-state index is -0.555. The summed E-state index contributed by atoms with van der Waals surface area (Å²) in [4.78, 5) is 25.0. The largest absolute Gasteiger partial charge is 0.369 e. The zero-order valence-electron chi connectivity index (χ0n) is 10.7. The van der Waals surface area contributed by atoms with Crippen LogP contribution < -0.4 is 11.5 Å². The molecule has 0 radical (unpaired) electrons. The molecule has 0 aromatic rings. The Balaban J connectivity index is 2.54. The lowest BCUT2D eigenvalue weighted by molar-refractivity contribution is -0.132. The lowest BCUT2D eigenvalue weighted by atomic mass is 9.89. The van der Waals surface area contributed by atoms with E-state index in [2.05, 4.69) is 0 Å². The average Bonchev–Trinajstić information content (AvgIpc) is 2.70. The van der Waals surface area contributed by atoms with Gasteiger partial charge in [-0.3, -0.25) is 9.59 Å². The Kier molecular flexibility index (Phi) is 4.51. The number of hydrogen-bond acceptors (Lipinski definition) is 3. The number of nitrogens with two attached hydrogens (primary N) is 2. The molecule has 5 nitrogen and oxygen atoms in total. The van der Waals surface area contributed by atoms with Gasteiger partial charge in [0.25, 0.3) is 0 Å². The van der Waals surface area contributed by atoms with Gasteiger partial charge in [0.15, 0.2) is 0 Å². The van der Waals surface area contributed by atoms with Gasteiger partial charge in [-0.05, 0) is 25.8 Å². The van der Waals surface area contributed by atoms with Crippen molar-refractivity contribution in [2.24, 2.45) is 22.8 Å². The second kappa shape index (κ2) is 5.49. The zero-order valence-corrected chi connectivity index (χ0v) is 10.7. The van der Waals surface area contributed by atoms with Crippen LogP contribution in [-0.4, -0.2) is 36.3 Å². The molecule has 0 aromatic carbocycles. The maximum absolute atomic E-state index is 12.0.